The molecule has 18 heavy (non-hydrogen) atoms. The molecule has 0 aliphatic heterocycles. The van der Waals surface area contributed by atoms with Gasteiger partial charge in [-0.3, -0.25) is 0 Å². The lowest BCUT2D eigenvalue weighted by atomic mass is 9.86. The van der Waals surface area contributed by atoms with Gasteiger partial charge in [0.15, 0.2) is 5.82 Å². The fraction of sp³-hybridized carbons (Fsp3) is 0.727. The van der Waals surface area contributed by atoms with Crippen molar-refractivity contribution in [3.05, 3.63) is 12.2 Å². The van der Waals surface area contributed by atoms with Gasteiger partial charge in [-0.25, -0.2) is 0 Å². The Labute approximate surface area is 106 Å². The summed E-state index contributed by atoms with van der Waals surface area (Å²) >= 11 is 0. The van der Waals surface area contributed by atoms with Gasteiger partial charge in [0.25, 0.3) is 0 Å². The van der Waals surface area contributed by atoms with E-state index in [0.717, 1.165) is 32.4 Å². The minimum Gasteiger partial charge on any atom is -0.409 e. The van der Waals surface area contributed by atoms with Crippen LogP contribution < -0.4 is 11.1 Å². The summed E-state index contributed by atoms with van der Waals surface area (Å²) in [6, 6.07) is 0. The van der Waals surface area contributed by atoms with Gasteiger partial charge in [-0.15, -0.1) is 0 Å². The molecule has 1 rings (SSSR count). The minimum absolute atomic E-state index is 0.272. The molecular formula is C11H21N5O2. The van der Waals surface area contributed by atoms with Gasteiger partial charge in [-0.1, -0.05) is 24.2 Å². The summed E-state index contributed by atoms with van der Waals surface area (Å²) < 4.78 is 4.64. The van der Waals surface area contributed by atoms with Gasteiger partial charge < -0.3 is 20.8 Å². The second-order valence-corrected chi connectivity index (χ2v) is 4.82. The first-order valence-electron chi connectivity index (χ1n) is 6.00. The lowest BCUT2D eigenvalue weighted by Crippen LogP contribution is -2.32. The summed E-state index contributed by atoms with van der Waals surface area (Å²) in [6.45, 7) is 5.60. The number of amidine groups is 1. The van der Waals surface area contributed by atoms with Crippen LogP contribution in [-0.4, -0.2) is 34.3 Å². The molecule has 0 aliphatic carbocycles. The number of hydrogen-bond donors (Lipinski definition) is 3. The maximum atomic E-state index is 8.64. The van der Waals surface area contributed by atoms with Gasteiger partial charge in [0.05, 0.1) is 0 Å². The van der Waals surface area contributed by atoms with Gasteiger partial charge in [-0.05, 0) is 19.4 Å². The number of hydrogen-bond acceptors (Lipinski definition) is 6. The van der Waals surface area contributed by atoms with Crippen LogP contribution >= 0.6 is 0 Å². The van der Waals surface area contributed by atoms with Crippen molar-refractivity contribution in [2.24, 2.45) is 16.3 Å². The third kappa shape index (κ3) is 4.70. The number of oxime groups is 1. The summed E-state index contributed by atoms with van der Waals surface area (Å²) in [6.07, 6.45) is 3.89. The highest BCUT2D eigenvalue weighted by Crippen LogP contribution is 2.21. The van der Waals surface area contributed by atoms with Crippen molar-refractivity contribution < 1.29 is 9.73 Å². The molecule has 1 aromatic heterocycles. The topological polar surface area (TPSA) is 110 Å². The van der Waals surface area contributed by atoms with Crippen molar-refractivity contribution in [2.45, 2.75) is 33.1 Å². The quantitative estimate of drug-likeness (QED) is 0.208. The van der Waals surface area contributed by atoms with Crippen LogP contribution in [0.4, 0.5) is 0 Å². The molecule has 4 N–H and O–H groups in total. The highest BCUT2D eigenvalue weighted by molar-refractivity contribution is 5.85. The van der Waals surface area contributed by atoms with E-state index in [4.69, 9.17) is 10.9 Å². The monoisotopic (exact) mass is 255 g/mol. The molecule has 1 aromatic rings. The largest absolute Gasteiger partial charge is 0.409 e. The van der Waals surface area contributed by atoms with E-state index >= 15 is 0 Å². The first kappa shape index (κ1) is 14.4. The molecule has 7 heteroatoms. The maximum absolute atomic E-state index is 8.64. The number of nitrogens with one attached hydrogen (secondary N) is 1. The first-order valence-corrected chi connectivity index (χ1v) is 6.00. The number of rotatable bonds is 8. The van der Waals surface area contributed by atoms with Crippen molar-refractivity contribution in [1.29, 1.82) is 0 Å². The normalized spacial score (nSPS) is 12.9. The van der Waals surface area contributed by atoms with Crippen LogP contribution in [0.1, 0.15) is 32.5 Å². The predicted molar refractivity (Wildman–Crippen MR) is 67.3 cm³/mol. The van der Waals surface area contributed by atoms with Crippen LogP contribution in [-0.2, 0) is 6.42 Å². The second kappa shape index (κ2) is 6.95. The van der Waals surface area contributed by atoms with Crippen molar-refractivity contribution in [3.8, 4) is 0 Å². The van der Waals surface area contributed by atoms with Crippen molar-refractivity contribution >= 4 is 5.84 Å². The lowest BCUT2D eigenvalue weighted by Gasteiger charge is -2.22. The summed E-state index contributed by atoms with van der Waals surface area (Å²) in [5.41, 5.74) is 5.33. The summed E-state index contributed by atoms with van der Waals surface area (Å²) in [7, 11) is 0. The van der Waals surface area contributed by atoms with E-state index in [-0.39, 0.29) is 11.3 Å². The van der Waals surface area contributed by atoms with E-state index in [0.29, 0.717) is 5.82 Å². The zero-order valence-corrected chi connectivity index (χ0v) is 10.9. The standard InChI is InChI=1S/C11H21N5O2/c1-11(2,10(12)15-17)5-3-6-13-7-4-9-14-8-18-16-9/h8,13,17H,3-7H2,1-2H3,(H2,12,15). The van der Waals surface area contributed by atoms with E-state index in [1.807, 2.05) is 13.8 Å². The highest BCUT2D eigenvalue weighted by atomic mass is 16.5. The minimum atomic E-state index is -0.274. The van der Waals surface area contributed by atoms with Crippen molar-refractivity contribution in [2.75, 3.05) is 13.1 Å². The molecule has 0 amide bonds. The van der Waals surface area contributed by atoms with Crippen LogP contribution in [0.15, 0.2) is 16.1 Å². The van der Waals surface area contributed by atoms with E-state index in [1.54, 1.807) is 0 Å². The number of aromatic nitrogens is 2. The molecule has 0 atom stereocenters. The molecule has 0 aromatic carbocycles. The average Bonchev–Trinajstić information content (AvgIpc) is 2.85. The second-order valence-electron chi connectivity index (χ2n) is 4.82. The van der Waals surface area contributed by atoms with Gasteiger partial charge in [0, 0.05) is 18.4 Å². The lowest BCUT2D eigenvalue weighted by molar-refractivity contribution is 0.304. The fourth-order valence-corrected chi connectivity index (χ4v) is 1.55. The van der Waals surface area contributed by atoms with Crippen LogP contribution in [0.2, 0.25) is 0 Å². The Balaban J connectivity index is 2.08. The summed E-state index contributed by atoms with van der Waals surface area (Å²) in [5.74, 6) is 0.980. The van der Waals surface area contributed by atoms with Gasteiger partial charge in [0.2, 0.25) is 6.39 Å². The molecule has 0 saturated carbocycles. The third-order valence-corrected chi connectivity index (χ3v) is 2.89. The predicted octanol–water partition coefficient (Wildman–Crippen LogP) is 0.754. The Morgan fingerprint density at radius 2 is 2.33 bits per heavy atom. The van der Waals surface area contributed by atoms with Crippen LogP contribution in [0.5, 0.6) is 0 Å². The van der Waals surface area contributed by atoms with E-state index in [1.165, 1.54) is 6.39 Å². The van der Waals surface area contributed by atoms with E-state index in [2.05, 4.69) is 25.1 Å². The molecule has 0 radical (unpaired) electrons. The molecule has 7 nitrogen and oxygen atoms in total. The molecule has 0 unspecified atom stereocenters. The van der Waals surface area contributed by atoms with Crippen LogP contribution in [0.3, 0.4) is 0 Å². The molecular weight excluding hydrogens is 234 g/mol. The zero-order valence-electron chi connectivity index (χ0n) is 10.9. The van der Waals surface area contributed by atoms with Gasteiger partial charge in [-0.2, -0.15) is 4.98 Å². The Bertz CT molecular complexity index is 362. The van der Waals surface area contributed by atoms with E-state index in [9.17, 15) is 0 Å². The van der Waals surface area contributed by atoms with E-state index < -0.39 is 0 Å². The fourth-order valence-electron chi connectivity index (χ4n) is 1.55. The first-order chi connectivity index (χ1) is 8.56. The Morgan fingerprint density at radius 3 is 2.94 bits per heavy atom. The molecule has 0 spiro atoms. The molecule has 0 fully saturated rings. The third-order valence-electron chi connectivity index (χ3n) is 2.89. The number of nitrogens with zero attached hydrogens (tertiary/aromatic N) is 3. The average molecular weight is 255 g/mol. The van der Waals surface area contributed by atoms with Crippen LogP contribution in [0.25, 0.3) is 0 Å². The molecule has 102 valence electrons. The Hall–Kier alpha value is -1.63. The zero-order chi connectivity index (χ0) is 13.4. The SMILES string of the molecule is CC(C)(CCCNCCc1ncon1)C(N)=NO. The smallest absolute Gasteiger partial charge is 0.213 e. The van der Waals surface area contributed by atoms with Crippen molar-refractivity contribution in [3.63, 3.8) is 0 Å². The van der Waals surface area contributed by atoms with Crippen molar-refractivity contribution in [1.82, 2.24) is 15.5 Å². The summed E-state index contributed by atoms with van der Waals surface area (Å²) in [4.78, 5) is 3.93. The van der Waals surface area contributed by atoms with Crippen LogP contribution in [0, 0.1) is 5.41 Å². The molecule has 0 aliphatic rings. The molecule has 0 saturated heterocycles. The van der Waals surface area contributed by atoms with Gasteiger partial charge in [0.1, 0.15) is 5.84 Å². The highest BCUT2D eigenvalue weighted by Gasteiger charge is 2.22. The maximum Gasteiger partial charge on any atom is 0.213 e. The van der Waals surface area contributed by atoms with Gasteiger partial charge >= 0.3 is 0 Å². The molecule has 0 bridgehead atoms. The number of nitrogens with two attached hydrogens (primary N) is 1. The summed E-state index contributed by atoms with van der Waals surface area (Å²) in [5, 5.41) is 18.7. The molecule has 1 heterocycles. The Morgan fingerprint density at radius 1 is 1.56 bits per heavy atom. The Kier molecular flexibility index (Phi) is 5.57.